The molecule has 0 atom stereocenters. The van der Waals surface area contributed by atoms with Crippen molar-refractivity contribution in [3.8, 4) is 5.69 Å². The average Bonchev–Trinajstić information content (AvgIpc) is 3.29. The zero-order chi connectivity index (χ0) is 28.7. The quantitative estimate of drug-likeness (QED) is 0.199. The number of carboxylic acids is 1. The standard InChI is InChI=1S/C27H22F4N2O4S2/c1-27(2,16-4-7-18(8-5-16)39(3,36)37)24-13-32-26(33(24)17-6-9-20(28)23(31)12-17)38-14-19-21(29)10-15(25(34)35)11-22(19)30/h4-13H,14H2,1-3H3,(H,34,35). The van der Waals surface area contributed by atoms with E-state index in [4.69, 9.17) is 5.11 Å². The van der Waals surface area contributed by atoms with E-state index in [1.807, 2.05) is 13.8 Å². The summed E-state index contributed by atoms with van der Waals surface area (Å²) in [6.45, 7) is 3.66. The maximum absolute atomic E-state index is 14.5. The molecule has 0 bridgehead atoms. The Kier molecular flexibility index (Phi) is 7.63. The van der Waals surface area contributed by atoms with Crippen molar-refractivity contribution in [1.82, 2.24) is 9.55 Å². The van der Waals surface area contributed by atoms with Crippen molar-refractivity contribution in [2.45, 2.75) is 35.1 Å². The Bertz CT molecular complexity index is 1660. The van der Waals surface area contributed by atoms with Crippen molar-refractivity contribution in [3.05, 3.63) is 106 Å². The number of imidazole rings is 1. The third-order valence-electron chi connectivity index (χ3n) is 6.27. The van der Waals surface area contributed by atoms with Crippen LogP contribution in [0, 0.1) is 23.3 Å². The maximum Gasteiger partial charge on any atom is 0.335 e. The molecule has 0 spiro atoms. The van der Waals surface area contributed by atoms with Crippen LogP contribution < -0.4 is 0 Å². The molecule has 1 N–H and O–H groups in total. The fourth-order valence-corrected chi connectivity index (χ4v) is 5.66. The van der Waals surface area contributed by atoms with Crippen molar-refractivity contribution in [1.29, 1.82) is 0 Å². The molecule has 0 unspecified atom stereocenters. The molecule has 0 aliphatic carbocycles. The molecule has 3 aromatic carbocycles. The largest absolute Gasteiger partial charge is 0.478 e. The Morgan fingerprint density at radius 3 is 2.10 bits per heavy atom. The van der Waals surface area contributed by atoms with Crippen molar-refractivity contribution in [2.24, 2.45) is 0 Å². The third-order valence-corrected chi connectivity index (χ3v) is 8.38. The van der Waals surface area contributed by atoms with Gasteiger partial charge in [0.25, 0.3) is 0 Å². The van der Waals surface area contributed by atoms with Crippen LogP contribution in [0.5, 0.6) is 0 Å². The first-order valence-electron chi connectivity index (χ1n) is 11.4. The summed E-state index contributed by atoms with van der Waals surface area (Å²) in [6, 6.07) is 10.9. The number of carbonyl (C=O) groups is 1. The summed E-state index contributed by atoms with van der Waals surface area (Å²) in [4.78, 5) is 15.6. The number of hydrogen-bond acceptors (Lipinski definition) is 5. The van der Waals surface area contributed by atoms with Gasteiger partial charge in [0.05, 0.1) is 28.0 Å². The van der Waals surface area contributed by atoms with E-state index in [0.29, 0.717) is 11.3 Å². The molecule has 4 rings (SSSR count). The van der Waals surface area contributed by atoms with Gasteiger partial charge in [-0.25, -0.2) is 35.8 Å². The highest BCUT2D eigenvalue weighted by Crippen LogP contribution is 2.37. The summed E-state index contributed by atoms with van der Waals surface area (Å²) < 4.78 is 82.4. The first-order valence-corrected chi connectivity index (χ1v) is 14.3. The monoisotopic (exact) mass is 578 g/mol. The van der Waals surface area contributed by atoms with Gasteiger partial charge < -0.3 is 5.11 Å². The molecular weight excluding hydrogens is 556 g/mol. The molecule has 12 heteroatoms. The fraction of sp³-hybridized carbons (Fsp3) is 0.185. The number of hydrogen-bond donors (Lipinski definition) is 1. The molecule has 0 fully saturated rings. The van der Waals surface area contributed by atoms with Crippen LogP contribution in [0.2, 0.25) is 0 Å². The van der Waals surface area contributed by atoms with Crippen LogP contribution in [0.1, 0.15) is 41.0 Å². The maximum atomic E-state index is 14.5. The van der Waals surface area contributed by atoms with Crippen LogP contribution in [0.3, 0.4) is 0 Å². The van der Waals surface area contributed by atoms with Crippen LogP contribution in [-0.4, -0.2) is 35.3 Å². The number of nitrogens with zero attached hydrogens (tertiary/aromatic N) is 2. The molecule has 6 nitrogen and oxygen atoms in total. The van der Waals surface area contributed by atoms with Crippen LogP contribution in [-0.2, 0) is 21.0 Å². The number of sulfone groups is 1. The number of aromatic carboxylic acids is 1. The zero-order valence-electron chi connectivity index (χ0n) is 20.9. The van der Waals surface area contributed by atoms with Gasteiger partial charge in [0.15, 0.2) is 26.6 Å². The summed E-state index contributed by atoms with van der Waals surface area (Å²) in [6.07, 6.45) is 2.59. The average molecular weight is 579 g/mol. The lowest BCUT2D eigenvalue weighted by atomic mass is 9.81. The number of benzene rings is 3. The lowest BCUT2D eigenvalue weighted by Crippen LogP contribution is -2.23. The van der Waals surface area contributed by atoms with Crippen LogP contribution in [0.25, 0.3) is 5.69 Å². The van der Waals surface area contributed by atoms with Gasteiger partial charge in [-0.2, -0.15) is 0 Å². The summed E-state index contributed by atoms with van der Waals surface area (Å²) >= 11 is 0.914. The second-order valence-corrected chi connectivity index (χ2v) is 12.3. The minimum atomic E-state index is -3.43. The van der Waals surface area contributed by atoms with Gasteiger partial charge in [-0.1, -0.05) is 37.7 Å². The molecule has 204 valence electrons. The van der Waals surface area contributed by atoms with E-state index in [2.05, 4.69) is 4.98 Å². The van der Waals surface area contributed by atoms with E-state index >= 15 is 0 Å². The van der Waals surface area contributed by atoms with Crippen molar-refractivity contribution < 1.29 is 35.9 Å². The topological polar surface area (TPSA) is 89.3 Å². The second kappa shape index (κ2) is 10.5. The van der Waals surface area contributed by atoms with E-state index < -0.39 is 50.1 Å². The van der Waals surface area contributed by atoms with Crippen LogP contribution in [0.4, 0.5) is 17.6 Å². The van der Waals surface area contributed by atoms with Gasteiger partial charge in [0, 0.05) is 29.1 Å². The van der Waals surface area contributed by atoms with Gasteiger partial charge in [0.1, 0.15) is 11.6 Å². The van der Waals surface area contributed by atoms with E-state index in [1.165, 1.54) is 29.0 Å². The number of aromatic nitrogens is 2. The van der Waals surface area contributed by atoms with Gasteiger partial charge in [0.2, 0.25) is 0 Å². The smallest absolute Gasteiger partial charge is 0.335 e. The predicted molar refractivity (Wildman–Crippen MR) is 138 cm³/mol. The minimum absolute atomic E-state index is 0.130. The third kappa shape index (κ3) is 5.71. The number of halogens is 4. The number of rotatable bonds is 8. The van der Waals surface area contributed by atoms with Gasteiger partial charge >= 0.3 is 5.97 Å². The highest BCUT2D eigenvalue weighted by Gasteiger charge is 2.30. The Morgan fingerprint density at radius 1 is 0.949 bits per heavy atom. The van der Waals surface area contributed by atoms with Crippen molar-refractivity contribution >= 4 is 27.6 Å². The molecule has 0 saturated heterocycles. The van der Waals surface area contributed by atoms with E-state index in [9.17, 15) is 30.8 Å². The molecule has 0 aliphatic heterocycles. The summed E-state index contributed by atoms with van der Waals surface area (Å²) in [5.41, 5.74) is -0.351. The first-order chi connectivity index (χ1) is 18.2. The molecular formula is C27H22F4N2O4S2. The highest BCUT2D eigenvalue weighted by atomic mass is 32.2. The van der Waals surface area contributed by atoms with E-state index in [1.54, 1.807) is 12.1 Å². The highest BCUT2D eigenvalue weighted by molar-refractivity contribution is 7.98. The molecule has 0 aliphatic rings. The molecule has 0 saturated carbocycles. The molecule has 1 heterocycles. The second-order valence-electron chi connectivity index (χ2n) is 9.29. The fourth-order valence-electron chi connectivity index (χ4n) is 4.02. The summed E-state index contributed by atoms with van der Waals surface area (Å²) in [5, 5.41) is 9.23. The zero-order valence-corrected chi connectivity index (χ0v) is 22.5. The lowest BCUT2D eigenvalue weighted by molar-refractivity contribution is 0.0695. The first kappa shape index (κ1) is 28.4. The molecule has 4 aromatic rings. The minimum Gasteiger partial charge on any atom is -0.478 e. The summed E-state index contributed by atoms with van der Waals surface area (Å²) in [7, 11) is -3.43. The Labute approximate surface area is 226 Å². The number of carboxylic acid groups (broad SMARTS) is 1. The Balaban J connectivity index is 1.79. The molecule has 1 aromatic heterocycles. The molecule has 39 heavy (non-hydrogen) atoms. The van der Waals surface area contributed by atoms with Crippen LogP contribution >= 0.6 is 11.8 Å². The lowest BCUT2D eigenvalue weighted by Gasteiger charge is -2.27. The van der Waals surface area contributed by atoms with E-state index in [0.717, 1.165) is 42.3 Å². The molecule has 0 amide bonds. The summed E-state index contributed by atoms with van der Waals surface area (Å²) in [5.74, 6) is -6.01. The molecule has 0 radical (unpaired) electrons. The van der Waals surface area contributed by atoms with Crippen molar-refractivity contribution in [3.63, 3.8) is 0 Å². The Hall–Kier alpha value is -3.64. The van der Waals surface area contributed by atoms with Gasteiger partial charge in [-0.15, -0.1) is 0 Å². The normalized spacial score (nSPS) is 12.1. The van der Waals surface area contributed by atoms with Gasteiger partial charge in [-0.05, 0) is 42.0 Å². The van der Waals surface area contributed by atoms with Gasteiger partial charge in [-0.3, -0.25) is 4.57 Å². The Morgan fingerprint density at radius 2 is 1.56 bits per heavy atom. The SMILES string of the molecule is CC(C)(c1ccc(S(C)(=O)=O)cc1)c1cnc(SCc2c(F)cc(C(=O)O)cc2F)n1-c1ccc(F)c(F)c1. The number of thioether (sulfide) groups is 1. The predicted octanol–water partition coefficient (Wildman–Crippen LogP) is 6.15. The van der Waals surface area contributed by atoms with Crippen molar-refractivity contribution in [2.75, 3.05) is 6.26 Å². The van der Waals surface area contributed by atoms with Crippen LogP contribution in [0.15, 0.2) is 70.8 Å². The van der Waals surface area contributed by atoms with E-state index in [-0.39, 0.29) is 27.1 Å².